The summed E-state index contributed by atoms with van der Waals surface area (Å²) in [5, 5.41) is 16.6. The largest absolute Gasteiger partial charge is 0.324 e. The van der Waals surface area contributed by atoms with Crippen LogP contribution in [0.1, 0.15) is 148 Å². The Bertz CT molecular complexity index is 908. The lowest BCUT2D eigenvalue weighted by molar-refractivity contribution is -0.121. The van der Waals surface area contributed by atoms with Gasteiger partial charge in [0.05, 0.1) is 6.54 Å². The Morgan fingerprint density at radius 1 is 0.842 bits per heavy atom. The van der Waals surface area contributed by atoms with Crippen LogP contribution in [0.3, 0.4) is 0 Å². The second kappa shape index (κ2) is 17.3. The van der Waals surface area contributed by atoms with E-state index in [0.29, 0.717) is 17.7 Å². The Balaban J connectivity index is 2.03. The SMILES string of the molecule is CCCCCCCCCCCCn1nnc(C(C(=O)Nc2c(C(C)C)cccc2C(C)C)N(CC)CC)n1. The normalized spacial score (nSPS) is 12.6. The Morgan fingerprint density at radius 2 is 1.37 bits per heavy atom. The molecule has 0 bridgehead atoms. The lowest BCUT2D eigenvalue weighted by Crippen LogP contribution is -2.38. The Kier molecular flexibility index (Phi) is 14.6. The Morgan fingerprint density at radius 3 is 1.87 bits per heavy atom. The molecule has 7 heteroatoms. The molecule has 2 aromatic rings. The molecular formula is C31H54N6O. The topological polar surface area (TPSA) is 75.9 Å². The van der Waals surface area contributed by atoms with Crippen molar-refractivity contribution in [1.82, 2.24) is 25.1 Å². The molecule has 0 spiro atoms. The molecule has 0 aliphatic heterocycles. The quantitative estimate of drug-likeness (QED) is 0.189. The molecule has 1 N–H and O–H groups in total. The summed E-state index contributed by atoms with van der Waals surface area (Å²) in [6.07, 6.45) is 12.9. The lowest BCUT2D eigenvalue weighted by Gasteiger charge is -2.28. The van der Waals surface area contributed by atoms with Crippen LogP contribution in [0.4, 0.5) is 5.69 Å². The monoisotopic (exact) mass is 526 g/mol. The van der Waals surface area contributed by atoms with Crippen LogP contribution in [-0.2, 0) is 11.3 Å². The number of nitrogens with zero attached hydrogens (tertiary/aromatic N) is 5. The number of carbonyl (C=O) groups is 1. The molecule has 0 aliphatic rings. The highest BCUT2D eigenvalue weighted by Gasteiger charge is 2.31. The van der Waals surface area contributed by atoms with E-state index in [1.54, 1.807) is 4.80 Å². The van der Waals surface area contributed by atoms with E-state index in [4.69, 9.17) is 0 Å². The van der Waals surface area contributed by atoms with Crippen molar-refractivity contribution in [3.8, 4) is 0 Å². The Labute approximate surface area is 232 Å². The molecule has 1 amide bonds. The third-order valence-corrected chi connectivity index (χ3v) is 7.47. The number of unbranched alkanes of at least 4 members (excludes halogenated alkanes) is 9. The molecule has 1 aromatic carbocycles. The van der Waals surface area contributed by atoms with Gasteiger partial charge in [-0.15, -0.1) is 10.2 Å². The van der Waals surface area contributed by atoms with Gasteiger partial charge in [0, 0.05) is 5.69 Å². The molecule has 1 aromatic heterocycles. The van der Waals surface area contributed by atoms with Crippen LogP contribution in [0.2, 0.25) is 0 Å². The highest BCUT2D eigenvalue weighted by atomic mass is 16.2. The first kappa shape index (κ1) is 31.9. The van der Waals surface area contributed by atoms with Gasteiger partial charge in [-0.05, 0) is 47.7 Å². The number of hydrogen-bond acceptors (Lipinski definition) is 5. The summed E-state index contributed by atoms with van der Waals surface area (Å²) in [4.78, 5) is 17.6. The fourth-order valence-electron chi connectivity index (χ4n) is 5.12. The van der Waals surface area contributed by atoms with Crippen LogP contribution in [0.5, 0.6) is 0 Å². The van der Waals surface area contributed by atoms with Crippen molar-refractivity contribution in [2.45, 2.75) is 137 Å². The highest BCUT2D eigenvalue weighted by Crippen LogP contribution is 2.33. The minimum absolute atomic E-state index is 0.0952. The predicted molar refractivity (Wildman–Crippen MR) is 159 cm³/mol. The fourth-order valence-corrected chi connectivity index (χ4v) is 5.12. The van der Waals surface area contributed by atoms with Gasteiger partial charge in [-0.1, -0.05) is 124 Å². The number of amides is 1. The van der Waals surface area contributed by atoms with Gasteiger partial charge in [-0.3, -0.25) is 9.69 Å². The number of para-hydroxylation sites is 1. The van der Waals surface area contributed by atoms with Crippen molar-refractivity contribution < 1.29 is 4.79 Å². The van der Waals surface area contributed by atoms with Gasteiger partial charge in [-0.25, -0.2) is 0 Å². The fraction of sp³-hybridized carbons (Fsp3) is 0.742. The molecule has 1 atom stereocenters. The third kappa shape index (κ3) is 9.79. The first-order valence-electron chi connectivity index (χ1n) is 15.3. The summed E-state index contributed by atoms with van der Waals surface area (Å²) >= 11 is 0. The maximum absolute atomic E-state index is 13.8. The van der Waals surface area contributed by atoms with Crippen LogP contribution in [0.15, 0.2) is 18.2 Å². The van der Waals surface area contributed by atoms with Gasteiger partial charge in [0.15, 0.2) is 6.04 Å². The molecule has 214 valence electrons. The first-order valence-corrected chi connectivity index (χ1v) is 15.3. The predicted octanol–water partition coefficient (Wildman–Crippen LogP) is 7.86. The second-order valence-electron chi connectivity index (χ2n) is 11.2. The average Bonchev–Trinajstić information content (AvgIpc) is 3.36. The minimum atomic E-state index is -0.577. The maximum atomic E-state index is 13.8. The molecule has 0 saturated carbocycles. The second-order valence-corrected chi connectivity index (χ2v) is 11.2. The van der Waals surface area contributed by atoms with E-state index < -0.39 is 6.04 Å². The summed E-state index contributed by atoms with van der Waals surface area (Å²) in [7, 11) is 0. The zero-order chi connectivity index (χ0) is 27.9. The summed E-state index contributed by atoms with van der Waals surface area (Å²) in [5.74, 6) is 0.987. The standard InChI is InChI=1S/C31H54N6O/c1-8-11-12-13-14-15-16-17-18-19-23-37-34-30(33-35-37)29(36(9-2)10-3)31(38)32-28-26(24(4)5)21-20-22-27(28)25(6)7/h20-22,24-25,29H,8-19,23H2,1-7H3,(H,32,38). The molecule has 0 aliphatic carbocycles. The number of aromatic nitrogens is 4. The molecule has 1 unspecified atom stereocenters. The zero-order valence-electron chi connectivity index (χ0n) is 25.3. The van der Waals surface area contributed by atoms with E-state index in [1.807, 2.05) is 0 Å². The van der Waals surface area contributed by atoms with Gasteiger partial charge >= 0.3 is 0 Å². The van der Waals surface area contributed by atoms with Crippen LogP contribution < -0.4 is 5.32 Å². The van der Waals surface area contributed by atoms with Crippen LogP contribution in [0, 0.1) is 0 Å². The maximum Gasteiger partial charge on any atom is 0.249 e. The molecule has 0 fully saturated rings. The van der Waals surface area contributed by atoms with E-state index >= 15 is 0 Å². The molecular weight excluding hydrogens is 472 g/mol. The van der Waals surface area contributed by atoms with E-state index in [0.717, 1.165) is 42.9 Å². The summed E-state index contributed by atoms with van der Waals surface area (Å²) in [6, 6.07) is 5.73. The van der Waals surface area contributed by atoms with Crippen LogP contribution >= 0.6 is 0 Å². The third-order valence-electron chi connectivity index (χ3n) is 7.47. The summed E-state index contributed by atoms with van der Waals surface area (Å²) in [5.41, 5.74) is 3.23. The minimum Gasteiger partial charge on any atom is -0.324 e. The number of rotatable bonds is 19. The Hall–Kier alpha value is -2.28. The van der Waals surface area contributed by atoms with Gasteiger partial charge in [0.1, 0.15) is 0 Å². The van der Waals surface area contributed by atoms with Crippen molar-refractivity contribution in [2.75, 3.05) is 18.4 Å². The molecule has 38 heavy (non-hydrogen) atoms. The summed E-state index contributed by atoms with van der Waals surface area (Å²) < 4.78 is 0. The lowest BCUT2D eigenvalue weighted by atomic mass is 9.92. The van der Waals surface area contributed by atoms with Gasteiger partial charge in [0.25, 0.3) is 0 Å². The number of nitrogens with one attached hydrogen (secondary N) is 1. The van der Waals surface area contributed by atoms with Gasteiger partial charge in [0.2, 0.25) is 11.7 Å². The van der Waals surface area contributed by atoms with Crippen molar-refractivity contribution in [3.63, 3.8) is 0 Å². The number of benzene rings is 1. The summed E-state index contributed by atoms with van der Waals surface area (Å²) in [6.45, 7) is 17.3. The number of carbonyl (C=O) groups excluding carboxylic acids is 1. The van der Waals surface area contributed by atoms with Gasteiger partial charge in [-0.2, -0.15) is 4.80 Å². The molecule has 0 saturated heterocycles. The van der Waals surface area contributed by atoms with Crippen molar-refractivity contribution in [2.24, 2.45) is 0 Å². The highest BCUT2D eigenvalue weighted by molar-refractivity contribution is 5.96. The molecule has 7 nitrogen and oxygen atoms in total. The number of likely N-dealkylation sites (N-methyl/N-ethyl adjacent to an activating group) is 1. The van der Waals surface area contributed by atoms with E-state index in [-0.39, 0.29) is 5.91 Å². The molecule has 1 heterocycles. The van der Waals surface area contributed by atoms with Crippen LogP contribution in [-0.4, -0.2) is 44.1 Å². The number of tetrazole rings is 1. The van der Waals surface area contributed by atoms with E-state index in [9.17, 15) is 4.79 Å². The smallest absolute Gasteiger partial charge is 0.249 e. The average molecular weight is 527 g/mol. The molecule has 0 radical (unpaired) electrons. The van der Waals surface area contributed by atoms with E-state index in [2.05, 4.69) is 92.3 Å². The number of aryl methyl sites for hydroxylation is 1. The van der Waals surface area contributed by atoms with Crippen molar-refractivity contribution >= 4 is 11.6 Å². The number of hydrogen-bond donors (Lipinski definition) is 1. The zero-order valence-corrected chi connectivity index (χ0v) is 25.3. The number of anilines is 1. The van der Waals surface area contributed by atoms with Crippen molar-refractivity contribution in [1.29, 1.82) is 0 Å². The van der Waals surface area contributed by atoms with E-state index in [1.165, 1.54) is 57.8 Å². The first-order chi connectivity index (χ1) is 18.3. The van der Waals surface area contributed by atoms with Crippen molar-refractivity contribution in [3.05, 3.63) is 35.2 Å². The van der Waals surface area contributed by atoms with Crippen LogP contribution in [0.25, 0.3) is 0 Å². The molecule has 2 rings (SSSR count). The van der Waals surface area contributed by atoms with Gasteiger partial charge < -0.3 is 5.32 Å².